The van der Waals surface area contributed by atoms with Gasteiger partial charge < -0.3 is 5.11 Å². The van der Waals surface area contributed by atoms with Crippen LogP contribution in [0, 0.1) is 5.92 Å². The van der Waals surface area contributed by atoms with Crippen LogP contribution in [-0.4, -0.2) is 32.3 Å². The quantitative estimate of drug-likeness (QED) is 0.884. The zero-order valence-electron chi connectivity index (χ0n) is 10.9. The van der Waals surface area contributed by atoms with E-state index in [2.05, 4.69) is 5.16 Å². The van der Waals surface area contributed by atoms with E-state index in [4.69, 9.17) is 9.63 Å². The Hall–Kier alpha value is -1.24. The van der Waals surface area contributed by atoms with Crippen molar-refractivity contribution in [3.63, 3.8) is 0 Å². The van der Waals surface area contributed by atoms with Crippen molar-refractivity contribution in [1.82, 2.24) is 9.72 Å². The lowest BCUT2D eigenvalue weighted by molar-refractivity contribution is -0.140. The Morgan fingerprint density at radius 3 is 3.16 bits per heavy atom. The van der Waals surface area contributed by atoms with Gasteiger partial charge in [-0.3, -0.25) is 13.9 Å². The molecule has 1 aliphatic rings. The number of hydrogen-bond donors (Lipinski definition) is 1. The van der Waals surface area contributed by atoms with Gasteiger partial charge in [-0.15, -0.1) is 0 Å². The van der Waals surface area contributed by atoms with Crippen molar-refractivity contribution >= 4 is 17.7 Å². The van der Waals surface area contributed by atoms with Crippen molar-refractivity contribution in [1.29, 1.82) is 0 Å². The molecule has 0 bridgehead atoms. The predicted octanol–water partition coefficient (Wildman–Crippen LogP) is 1.56. The van der Waals surface area contributed by atoms with Crippen molar-refractivity contribution in [2.75, 3.05) is 11.5 Å². The molecule has 1 N–H and O–H groups in total. The van der Waals surface area contributed by atoms with E-state index >= 15 is 0 Å². The van der Waals surface area contributed by atoms with Crippen LogP contribution in [0.25, 0.3) is 0 Å². The molecule has 1 unspecified atom stereocenters. The maximum atomic E-state index is 11.7. The van der Waals surface area contributed by atoms with Gasteiger partial charge in [-0.05, 0) is 12.8 Å². The van der Waals surface area contributed by atoms with Crippen molar-refractivity contribution < 1.29 is 14.4 Å². The van der Waals surface area contributed by atoms with Gasteiger partial charge >= 0.3 is 11.7 Å². The maximum Gasteiger partial charge on any atom is 0.441 e. The number of aromatic nitrogens is 2. The van der Waals surface area contributed by atoms with E-state index in [0.717, 1.165) is 37.3 Å². The molecule has 1 aromatic heterocycles. The van der Waals surface area contributed by atoms with Crippen molar-refractivity contribution in [2.24, 2.45) is 5.92 Å². The highest BCUT2D eigenvalue weighted by molar-refractivity contribution is 7.99. The third-order valence-corrected chi connectivity index (χ3v) is 4.71. The van der Waals surface area contributed by atoms with Crippen LogP contribution in [0.1, 0.15) is 38.1 Å². The number of rotatable bonds is 5. The molecule has 0 aliphatic carbocycles. The summed E-state index contributed by atoms with van der Waals surface area (Å²) in [6.45, 7) is 1.69. The summed E-state index contributed by atoms with van der Waals surface area (Å²) >= 11 is 1.57. The molecule has 0 fully saturated rings. The third-order valence-electron chi connectivity index (χ3n) is 3.36. The normalized spacial score (nSPS) is 20.6. The van der Waals surface area contributed by atoms with Gasteiger partial charge in [0.25, 0.3) is 0 Å². The molecule has 0 aromatic carbocycles. The maximum absolute atomic E-state index is 11.7. The van der Waals surface area contributed by atoms with E-state index < -0.39 is 11.7 Å². The zero-order chi connectivity index (χ0) is 13.8. The first kappa shape index (κ1) is 14.2. The number of nitrogens with zero attached hydrogens (tertiary/aromatic N) is 2. The Morgan fingerprint density at radius 2 is 2.42 bits per heavy atom. The summed E-state index contributed by atoms with van der Waals surface area (Å²) in [4.78, 5) is 22.4. The van der Waals surface area contributed by atoms with E-state index in [0.29, 0.717) is 5.75 Å². The molecule has 0 amide bonds. The largest absolute Gasteiger partial charge is 0.481 e. The van der Waals surface area contributed by atoms with E-state index in [-0.39, 0.29) is 12.0 Å². The van der Waals surface area contributed by atoms with Crippen molar-refractivity contribution in [3.05, 3.63) is 16.4 Å². The van der Waals surface area contributed by atoms with Crippen molar-refractivity contribution in [2.45, 2.75) is 38.6 Å². The highest BCUT2D eigenvalue weighted by atomic mass is 32.2. The molecule has 0 saturated carbocycles. The van der Waals surface area contributed by atoms with Gasteiger partial charge in [0.2, 0.25) is 0 Å². The Labute approximate surface area is 115 Å². The summed E-state index contributed by atoms with van der Waals surface area (Å²) in [6, 6.07) is 0.0715. The second-order valence-electron chi connectivity index (χ2n) is 4.91. The molecule has 2 rings (SSSR count). The van der Waals surface area contributed by atoms with Crippen molar-refractivity contribution in [3.8, 4) is 0 Å². The SMILES string of the molecule is C[C@@H](CSCC1CCCCc2noc(=O)n21)C(=O)O. The molecule has 0 spiro atoms. The van der Waals surface area contributed by atoms with Crippen LogP contribution in [0.15, 0.2) is 9.32 Å². The van der Waals surface area contributed by atoms with E-state index in [9.17, 15) is 9.59 Å². The molecule has 106 valence electrons. The second kappa shape index (κ2) is 6.27. The highest BCUT2D eigenvalue weighted by Crippen LogP contribution is 2.25. The van der Waals surface area contributed by atoms with Crippen LogP contribution >= 0.6 is 11.8 Å². The lowest BCUT2D eigenvalue weighted by Crippen LogP contribution is -2.24. The predicted molar refractivity (Wildman–Crippen MR) is 71.5 cm³/mol. The molecule has 7 heteroatoms. The number of thioether (sulfide) groups is 1. The monoisotopic (exact) mass is 286 g/mol. The molecule has 2 atom stereocenters. The van der Waals surface area contributed by atoms with Crippen LogP contribution in [0.4, 0.5) is 0 Å². The summed E-state index contributed by atoms with van der Waals surface area (Å²) in [7, 11) is 0. The van der Waals surface area contributed by atoms with Gasteiger partial charge in [0.05, 0.1) is 12.0 Å². The molecular formula is C12H18N2O4S. The highest BCUT2D eigenvalue weighted by Gasteiger charge is 2.23. The number of hydrogen-bond acceptors (Lipinski definition) is 5. The van der Waals surface area contributed by atoms with Gasteiger partial charge in [0.15, 0.2) is 5.82 Å². The fraction of sp³-hybridized carbons (Fsp3) is 0.750. The van der Waals surface area contributed by atoms with Crippen LogP contribution in [0.3, 0.4) is 0 Å². The number of carboxylic acids is 1. The average Bonchev–Trinajstić information content (AvgIpc) is 2.61. The minimum Gasteiger partial charge on any atom is -0.481 e. The molecule has 2 heterocycles. The van der Waals surface area contributed by atoms with Crippen LogP contribution in [-0.2, 0) is 11.2 Å². The minimum atomic E-state index is -0.781. The van der Waals surface area contributed by atoms with Gasteiger partial charge in [0, 0.05) is 17.9 Å². The average molecular weight is 286 g/mol. The number of carbonyl (C=O) groups is 1. The Kier molecular flexibility index (Phi) is 4.68. The molecule has 0 radical (unpaired) electrons. The molecule has 0 saturated heterocycles. The van der Waals surface area contributed by atoms with E-state index in [1.165, 1.54) is 0 Å². The Morgan fingerprint density at radius 1 is 1.63 bits per heavy atom. The lowest BCUT2D eigenvalue weighted by atomic mass is 10.1. The molecule has 1 aromatic rings. The third kappa shape index (κ3) is 3.40. The Bertz CT molecular complexity index is 496. The topological polar surface area (TPSA) is 85.3 Å². The second-order valence-corrected chi connectivity index (χ2v) is 5.99. The number of aryl methyl sites for hydroxylation is 1. The summed E-state index contributed by atoms with van der Waals surface area (Å²) in [5.41, 5.74) is 0. The van der Waals surface area contributed by atoms with Crippen LogP contribution in [0.2, 0.25) is 0 Å². The summed E-state index contributed by atoms with van der Waals surface area (Å²) in [5, 5.41) is 12.6. The minimum absolute atomic E-state index is 0.0715. The van der Waals surface area contributed by atoms with E-state index in [1.54, 1.807) is 23.3 Å². The Balaban J connectivity index is 1.98. The van der Waals surface area contributed by atoms with Gasteiger partial charge in [0.1, 0.15) is 0 Å². The lowest BCUT2D eigenvalue weighted by Gasteiger charge is -2.16. The first-order valence-electron chi connectivity index (χ1n) is 6.47. The number of fused-ring (bicyclic) bond motifs is 1. The van der Waals surface area contributed by atoms with Gasteiger partial charge in [-0.1, -0.05) is 18.5 Å². The van der Waals surface area contributed by atoms with Gasteiger partial charge in [-0.25, -0.2) is 4.79 Å². The molecule has 1 aliphatic heterocycles. The first-order valence-corrected chi connectivity index (χ1v) is 7.62. The summed E-state index contributed by atoms with van der Waals surface area (Å²) < 4.78 is 6.37. The fourth-order valence-electron chi connectivity index (χ4n) is 2.21. The summed E-state index contributed by atoms with van der Waals surface area (Å²) in [5.74, 6) is 0.464. The van der Waals surface area contributed by atoms with Gasteiger partial charge in [-0.2, -0.15) is 11.8 Å². The van der Waals surface area contributed by atoms with E-state index in [1.807, 2.05) is 0 Å². The van der Waals surface area contributed by atoms with Crippen LogP contribution < -0.4 is 5.76 Å². The van der Waals surface area contributed by atoms with Crippen LogP contribution in [0.5, 0.6) is 0 Å². The molecular weight excluding hydrogens is 268 g/mol. The summed E-state index contributed by atoms with van der Waals surface area (Å²) in [6.07, 6.45) is 3.77. The first-order chi connectivity index (χ1) is 9.09. The number of carboxylic acid groups (broad SMARTS) is 1. The molecule has 19 heavy (non-hydrogen) atoms. The standard InChI is InChI=1S/C12H18N2O4S/c1-8(11(15)16)6-19-7-9-4-2-3-5-10-13-18-12(17)14(9)10/h8-9H,2-7H2,1H3,(H,15,16)/t8-,9?/m0/s1. The fourth-order valence-corrected chi connectivity index (χ4v) is 3.43. The smallest absolute Gasteiger partial charge is 0.441 e. The molecule has 6 nitrogen and oxygen atoms in total. The zero-order valence-corrected chi connectivity index (χ0v) is 11.7. The number of aliphatic carboxylic acids is 1.